The van der Waals surface area contributed by atoms with Crippen LogP contribution < -0.4 is 10.2 Å². The molecule has 2 aromatic heterocycles. The molecular formula is C20H15ClN4OS. The summed E-state index contributed by atoms with van der Waals surface area (Å²) in [6, 6.07) is 17.9. The Kier molecular flexibility index (Phi) is 3.88. The number of thiophene rings is 1. The van der Waals surface area contributed by atoms with Gasteiger partial charge < -0.3 is 10.3 Å². The minimum Gasteiger partial charge on any atom is -0.345 e. The van der Waals surface area contributed by atoms with Crippen LogP contribution in [0.25, 0.3) is 21.5 Å². The minimum atomic E-state index is -0.0898. The number of fused-ring (bicyclic) bond motifs is 1. The molecule has 1 fully saturated rings. The minimum absolute atomic E-state index is 0.0566. The van der Waals surface area contributed by atoms with E-state index in [0.717, 1.165) is 37.1 Å². The van der Waals surface area contributed by atoms with Gasteiger partial charge >= 0.3 is 6.03 Å². The molecule has 4 aromatic rings. The van der Waals surface area contributed by atoms with Crippen LogP contribution in [-0.4, -0.2) is 22.5 Å². The Bertz CT molecular complexity index is 1130. The van der Waals surface area contributed by atoms with Gasteiger partial charge in [0, 0.05) is 17.1 Å². The van der Waals surface area contributed by atoms with Crippen LogP contribution in [-0.2, 0) is 0 Å². The number of rotatable bonds is 3. The second kappa shape index (κ2) is 6.40. The average molecular weight is 395 g/mol. The molecule has 1 aliphatic rings. The van der Waals surface area contributed by atoms with Gasteiger partial charge in [0.1, 0.15) is 0 Å². The molecule has 5 nitrogen and oxygen atoms in total. The summed E-state index contributed by atoms with van der Waals surface area (Å²) in [5, 5.41) is 2.95. The molecule has 1 atom stereocenters. The number of halogens is 1. The highest BCUT2D eigenvalue weighted by Crippen LogP contribution is 2.35. The summed E-state index contributed by atoms with van der Waals surface area (Å²) in [6.07, 6.45) is 1.66. The Morgan fingerprint density at radius 2 is 1.96 bits per heavy atom. The number of aromatic nitrogens is 2. The zero-order valence-corrected chi connectivity index (χ0v) is 15.7. The Morgan fingerprint density at radius 1 is 1.11 bits per heavy atom. The number of H-pyrrole nitrogens is 1. The van der Waals surface area contributed by atoms with Gasteiger partial charge in [-0.1, -0.05) is 35.9 Å². The summed E-state index contributed by atoms with van der Waals surface area (Å²) in [5.74, 6) is 0. The fourth-order valence-corrected chi connectivity index (χ4v) is 4.53. The van der Waals surface area contributed by atoms with Crippen LogP contribution in [0.2, 0.25) is 4.34 Å². The third-order valence-corrected chi connectivity index (χ3v) is 6.09. The highest BCUT2D eigenvalue weighted by molar-refractivity contribution is 7.19. The van der Waals surface area contributed by atoms with Crippen molar-refractivity contribution in [3.63, 3.8) is 0 Å². The summed E-state index contributed by atoms with van der Waals surface area (Å²) in [5.41, 5.74) is 4.86. The van der Waals surface area contributed by atoms with Crippen molar-refractivity contribution in [1.82, 2.24) is 15.3 Å². The fourth-order valence-electron chi connectivity index (χ4n) is 3.48. The number of amides is 2. The molecule has 0 spiro atoms. The molecule has 0 bridgehead atoms. The van der Waals surface area contributed by atoms with Crippen LogP contribution in [0.1, 0.15) is 11.6 Å². The quantitative estimate of drug-likeness (QED) is 0.500. The van der Waals surface area contributed by atoms with Gasteiger partial charge in [-0.05, 0) is 41.5 Å². The molecule has 0 radical (unpaired) electrons. The first-order valence-electron chi connectivity index (χ1n) is 8.55. The summed E-state index contributed by atoms with van der Waals surface area (Å²) < 4.78 is 0.778. The fraction of sp³-hybridized carbons (Fsp3) is 0.100. The lowest BCUT2D eigenvalue weighted by Crippen LogP contribution is -2.29. The SMILES string of the molecule is O=C1NCC(c2ccc(-c3ccc(Cl)s3)cc2)N1c1ccc2nc[nH]c2c1. The monoisotopic (exact) mass is 394 g/mol. The van der Waals surface area contributed by atoms with Gasteiger partial charge in [0.15, 0.2) is 0 Å². The predicted octanol–water partition coefficient (Wildman–Crippen LogP) is 5.22. The van der Waals surface area contributed by atoms with E-state index < -0.39 is 0 Å². The number of anilines is 1. The topological polar surface area (TPSA) is 61.0 Å². The van der Waals surface area contributed by atoms with Crippen LogP contribution in [0.4, 0.5) is 10.5 Å². The van der Waals surface area contributed by atoms with Crippen molar-refractivity contribution in [1.29, 1.82) is 0 Å². The van der Waals surface area contributed by atoms with Gasteiger partial charge in [-0.3, -0.25) is 4.90 Å². The van der Waals surface area contributed by atoms with Gasteiger partial charge in [0.2, 0.25) is 0 Å². The first kappa shape index (κ1) is 16.4. The number of carbonyl (C=O) groups is 1. The van der Waals surface area contributed by atoms with E-state index >= 15 is 0 Å². The molecule has 1 unspecified atom stereocenters. The third-order valence-electron chi connectivity index (χ3n) is 4.81. The lowest BCUT2D eigenvalue weighted by molar-refractivity contribution is 0.251. The summed E-state index contributed by atoms with van der Waals surface area (Å²) in [7, 11) is 0. The van der Waals surface area contributed by atoms with E-state index in [1.165, 1.54) is 0 Å². The molecule has 5 rings (SSSR count). The Hall–Kier alpha value is -2.83. The van der Waals surface area contributed by atoms with Crippen molar-refractivity contribution in [3.05, 3.63) is 70.8 Å². The molecule has 2 aromatic carbocycles. The van der Waals surface area contributed by atoms with E-state index in [0.29, 0.717) is 6.54 Å². The van der Waals surface area contributed by atoms with E-state index in [1.54, 1.807) is 22.6 Å². The van der Waals surface area contributed by atoms with E-state index in [9.17, 15) is 4.79 Å². The second-order valence-corrected chi connectivity index (χ2v) is 8.12. The maximum Gasteiger partial charge on any atom is 0.322 e. The molecule has 0 saturated carbocycles. The van der Waals surface area contributed by atoms with Gasteiger partial charge in [0.05, 0.1) is 27.7 Å². The number of benzene rings is 2. The van der Waals surface area contributed by atoms with Crippen molar-refractivity contribution >= 4 is 45.7 Å². The number of urea groups is 1. The maximum absolute atomic E-state index is 12.5. The van der Waals surface area contributed by atoms with Crippen molar-refractivity contribution in [2.24, 2.45) is 0 Å². The van der Waals surface area contributed by atoms with E-state index in [4.69, 9.17) is 11.6 Å². The Morgan fingerprint density at radius 3 is 2.74 bits per heavy atom. The van der Waals surface area contributed by atoms with Gasteiger partial charge in [-0.2, -0.15) is 0 Å². The lowest BCUT2D eigenvalue weighted by atomic mass is 10.0. The molecule has 1 saturated heterocycles. The van der Waals surface area contributed by atoms with E-state index in [-0.39, 0.29) is 12.1 Å². The van der Waals surface area contributed by atoms with Crippen LogP contribution in [0, 0.1) is 0 Å². The molecule has 1 aliphatic heterocycles. The molecule has 2 N–H and O–H groups in total. The number of nitrogens with one attached hydrogen (secondary N) is 2. The summed E-state index contributed by atoms with van der Waals surface area (Å²) in [4.78, 5) is 22.8. The smallest absolute Gasteiger partial charge is 0.322 e. The van der Waals surface area contributed by atoms with Crippen molar-refractivity contribution in [2.75, 3.05) is 11.4 Å². The highest BCUT2D eigenvalue weighted by atomic mass is 35.5. The largest absolute Gasteiger partial charge is 0.345 e. The van der Waals surface area contributed by atoms with Crippen molar-refractivity contribution in [2.45, 2.75) is 6.04 Å². The third kappa shape index (κ3) is 2.87. The number of nitrogens with zero attached hydrogens (tertiary/aromatic N) is 2. The molecule has 3 heterocycles. The van der Waals surface area contributed by atoms with Crippen LogP contribution >= 0.6 is 22.9 Å². The number of aromatic amines is 1. The second-order valence-electron chi connectivity index (χ2n) is 6.40. The van der Waals surface area contributed by atoms with Gasteiger partial charge in [-0.15, -0.1) is 11.3 Å². The van der Waals surface area contributed by atoms with E-state index in [2.05, 4.69) is 39.6 Å². The number of imidazole rings is 1. The highest BCUT2D eigenvalue weighted by Gasteiger charge is 2.33. The molecule has 2 amide bonds. The first-order valence-corrected chi connectivity index (χ1v) is 9.74. The van der Waals surface area contributed by atoms with Crippen molar-refractivity contribution in [3.8, 4) is 10.4 Å². The van der Waals surface area contributed by atoms with Crippen molar-refractivity contribution < 1.29 is 4.79 Å². The summed E-state index contributed by atoms with van der Waals surface area (Å²) in [6.45, 7) is 0.573. The zero-order chi connectivity index (χ0) is 18.4. The van der Waals surface area contributed by atoms with Crippen LogP contribution in [0.5, 0.6) is 0 Å². The number of carbonyl (C=O) groups excluding carboxylic acids is 1. The lowest BCUT2D eigenvalue weighted by Gasteiger charge is -2.23. The first-order chi connectivity index (χ1) is 13.2. The molecular weight excluding hydrogens is 380 g/mol. The predicted molar refractivity (Wildman–Crippen MR) is 109 cm³/mol. The van der Waals surface area contributed by atoms with Gasteiger partial charge in [0.25, 0.3) is 0 Å². The van der Waals surface area contributed by atoms with Crippen LogP contribution in [0.3, 0.4) is 0 Å². The maximum atomic E-state index is 12.5. The molecule has 0 aliphatic carbocycles. The Balaban J connectivity index is 1.48. The normalized spacial score (nSPS) is 16.9. The molecule has 134 valence electrons. The number of hydrogen-bond donors (Lipinski definition) is 2. The standard InChI is InChI=1S/C20H15ClN4OS/c21-19-8-7-18(27-19)13-3-1-12(2-4-13)17-10-22-20(26)25(17)14-5-6-15-16(9-14)24-11-23-15/h1-9,11,17H,10H2,(H,22,26)(H,23,24). The number of hydrogen-bond acceptors (Lipinski definition) is 3. The molecule has 27 heavy (non-hydrogen) atoms. The van der Waals surface area contributed by atoms with Crippen LogP contribution in [0.15, 0.2) is 60.9 Å². The molecule has 7 heteroatoms. The average Bonchev–Trinajstić information content (AvgIpc) is 3.41. The van der Waals surface area contributed by atoms with Gasteiger partial charge in [-0.25, -0.2) is 9.78 Å². The zero-order valence-electron chi connectivity index (χ0n) is 14.1. The summed E-state index contributed by atoms with van der Waals surface area (Å²) >= 11 is 7.60. The Labute approximate surface area is 164 Å². The van der Waals surface area contributed by atoms with E-state index in [1.807, 2.05) is 30.3 Å².